The Hall–Kier alpha value is -1.97. The van der Waals surface area contributed by atoms with Crippen molar-refractivity contribution in [3.8, 4) is 5.75 Å². The second-order valence-electron chi connectivity index (χ2n) is 5.64. The summed E-state index contributed by atoms with van der Waals surface area (Å²) in [7, 11) is -2.59. The Morgan fingerprint density at radius 2 is 1.93 bits per heavy atom. The summed E-state index contributed by atoms with van der Waals surface area (Å²) in [6, 6.07) is 10.1. The second-order valence-corrected chi connectivity index (χ2v) is 9.45. The Morgan fingerprint density at radius 1 is 1.22 bits per heavy atom. The van der Waals surface area contributed by atoms with Gasteiger partial charge in [0.25, 0.3) is 10.0 Å². The number of rotatable bonds is 6. The molecule has 0 radical (unpaired) electrons. The molecular weight excluding hydrogens is 455 g/mol. The van der Waals surface area contributed by atoms with Gasteiger partial charge in [0.2, 0.25) is 0 Å². The summed E-state index contributed by atoms with van der Waals surface area (Å²) in [6.45, 7) is 1.87. The van der Waals surface area contributed by atoms with Gasteiger partial charge in [-0.05, 0) is 49.4 Å². The Bertz CT molecular complexity index is 1050. The number of nitrogens with zero attached hydrogens (tertiary/aromatic N) is 2. The van der Waals surface area contributed by atoms with Crippen molar-refractivity contribution < 1.29 is 17.5 Å². The lowest BCUT2D eigenvalue weighted by Gasteiger charge is -2.25. The third kappa shape index (κ3) is 4.31. The van der Waals surface area contributed by atoms with Crippen molar-refractivity contribution in [3.63, 3.8) is 0 Å². The molecule has 1 heterocycles. The lowest BCUT2D eigenvalue weighted by atomic mass is 10.3. The van der Waals surface area contributed by atoms with Gasteiger partial charge in [0, 0.05) is 9.85 Å². The predicted octanol–water partition coefficient (Wildman–Crippen LogP) is 4.76. The highest BCUT2D eigenvalue weighted by Crippen LogP contribution is 2.33. The molecule has 0 fully saturated rings. The molecule has 0 unspecified atom stereocenters. The van der Waals surface area contributed by atoms with Crippen molar-refractivity contribution in [1.82, 2.24) is 4.98 Å². The van der Waals surface area contributed by atoms with E-state index in [9.17, 15) is 12.8 Å². The standard InChI is InChI=1S/C18H16BrFN2O3S2/c1-12-21-15(11-26-12)10-22(16-6-4-14(20)5-7-16)27(23,24)18-9-13(19)3-8-17(18)25-2/h3-9,11H,10H2,1-2H3. The molecule has 0 spiro atoms. The van der Waals surface area contributed by atoms with E-state index in [4.69, 9.17) is 4.74 Å². The summed E-state index contributed by atoms with van der Waals surface area (Å²) >= 11 is 4.74. The van der Waals surface area contributed by atoms with Gasteiger partial charge >= 0.3 is 0 Å². The zero-order valence-corrected chi connectivity index (χ0v) is 17.7. The Kier molecular flexibility index (Phi) is 5.83. The largest absolute Gasteiger partial charge is 0.495 e. The number of aryl methyl sites for hydroxylation is 1. The summed E-state index contributed by atoms with van der Waals surface area (Å²) in [4.78, 5) is 4.37. The highest BCUT2D eigenvalue weighted by atomic mass is 79.9. The van der Waals surface area contributed by atoms with E-state index in [0.29, 0.717) is 15.9 Å². The fourth-order valence-electron chi connectivity index (χ4n) is 2.52. The molecule has 0 N–H and O–H groups in total. The first-order chi connectivity index (χ1) is 12.8. The molecule has 0 saturated carbocycles. The number of hydrogen-bond donors (Lipinski definition) is 0. The molecule has 0 amide bonds. The zero-order chi connectivity index (χ0) is 19.6. The Labute approximate surface area is 169 Å². The monoisotopic (exact) mass is 470 g/mol. The quantitative estimate of drug-likeness (QED) is 0.521. The molecule has 1 aromatic heterocycles. The molecule has 0 atom stereocenters. The molecule has 142 valence electrons. The highest BCUT2D eigenvalue weighted by Gasteiger charge is 2.29. The fourth-order valence-corrected chi connectivity index (χ4v) is 5.26. The zero-order valence-electron chi connectivity index (χ0n) is 14.5. The molecule has 0 aliphatic carbocycles. The van der Waals surface area contributed by atoms with Crippen LogP contribution >= 0.6 is 27.3 Å². The van der Waals surface area contributed by atoms with Gasteiger partial charge in [-0.1, -0.05) is 15.9 Å². The molecule has 2 aromatic carbocycles. The van der Waals surface area contributed by atoms with E-state index in [1.807, 2.05) is 6.92 Å². The van der Waals surface area contributed by atoms with Crippen LogP contribution < -0.4 is 9.04 Å². The normalized spacial score (nSPS) is 11.4. The summed E-state index contributed by atoms with van der Waals surface area (Å²) in [6.07, 6.45) is 0. The van der Waals surface area contributed by atoms with E-state index in [-0.39, 0.29) is 17.2 Å². The number of benzene rings is 2. The van der Waals surface area contributed by atoms with Crippen LogP contribution in [0, 0.1) is 12.7 Å². The maximum Gasteiger partial charge on any atom is 0.268 e. The first-order valence-electron chi connectivity index (χ1n) is 7.84. The molecule has 9 heteroatoms. The maximum atomic E-state index is 13.5. The van der Waals surface area contributed by atoms with E-state index in [0.717, 1.165) is 5.01 Å². The number of aromatic nitrogens is 1. The van der Waals surface area contributed by atoms with Gasteiger partial charge in [-0.2, -0.15) is 0 Å². The van der Waals surface area contributed by atoms with Crippen LogP contribution in [-0.2, 0) is 16.6 Å². The van der Waals surface area contributed by atoms with E-state index in [1.165, 1.54) is 53.1 Å². The van der Waals surface area contributed by atoms with Crippen molar-refractivity contribution in [1.29, 1.82) is 0 Å². The first-order valence-corrected chi connectivity index (χ1v) is 11.0. The lowest BCUT2D eigenvalue weighted by Crippen LogP contribution is -2.31. The minimum absolute atomic E-state index is 0.00986. The van der Waals surface area contributed by atoms with Gasteiger partial charge in [0.1, 0.15) is 16.5 Å². The average molecular weight is 471 g/mol. The molecular formula is C18H16BrFN2O3S2. The predicted molar refractivity (Wildman–Crippen MR) is 107 cm³/mol. The summed E-state index contributed by atoms with van der Waals surface area (Å²) in [5.41, 5.74) is 0.948. The number of sulfonamides is 1. The van der Waals surface area contributed by atoms with Gasteiger partial charge in [0.05, 0.1) is 30.0 Å². The van der Waals surface area contributed by atoms with E-state index in [1.54, 1.807) is 17.5 Å². The van der Waals surface area contributed by atoms with Gasteiger partial charge < -0.3 is 4.74 Å². The van der Waals surface area contributed by atoms with Gasteiger partial charge in [-0.3, -0.25) is 4.31 Å². The molecule has 3 aromatic rings. The smallest absolute Gasteiger partial charge is 0.268 e. The number of ether oxygens (including phenoxy) is 1. The van der Waals surface area contributed by atoms with Gasteiger partial charge in [-0.15, -0.1) is 11.3 Å². The van der Waals surface area contributed by atoms with Crippen molar-refractivity contribution in [3.05, 3.63) is 68.8 Å². The van der Waals surface area contributed by atoms with Crippen LogP contribution in [0.1, 0.15) is 10.7 Å². The number of methoxy groups -OCH3 is 1. The molecule has 0 bridgehead atoms. The van der Waals surface area contributed by atoms with Crippen LogP contribution in [0.4, 0.5) is 10.1 Å². The topological polar surface area (TPSA) is 59.5 Å². The van der Waals surface area contributed by atoms with Gasteiger partial charge in [-0.25, -0.2) is 17.8 Å². The minimum atomic E-state index is -4.00. The van der Waals surface area contributed by atoms with Crippen LogP contribution in [-0.4, -0.2) is 20.5 Å². The third-order valence-corrected chi connectivity index (χ3v) is 6.89. The molecule has 0 aliphatic heterocycles. The van der Waals surface area contributed by atoms with E-state index in [2.05, 4.69) is 20.9 Å². The van der Waals surface area contributed by atoms with Gasteiger partial charge in [0.15, 0.2) is 0 Å². The molecule has 5 nitrogen and oxygen atoms in total. The van der Waals surface area contributed by atoms with Crippen molar-refractivity contribution in [2.75, 3.05) is 11.4 Å². The number of hydrogen-bond acceptors (Lipinski definition) is 5. The van der Waals surface area contributed by atoms with Crippen molar-refractivity contribution in [2.24, 2.45) is 0 Å². The van der Waals surface area contributed by atoms with Crippen LogP contribution in [0.25, 0.3) is 0 Å². The summed E-state index contributed by atoms with van der Waals surface area (Å²) in [5.74, 6) is -0.222. The van der Waals surface area contributed by atoms with Crippen LogP contribution in [0.3, 0.4) is 0 Å². The Balaban J connectivity index is 2.13. The fraction of sp³-hybridized carbons (Fsp3) is 0.167. The third-order valence-electron chi connectivity index (χ3n) is 3.78. The van der Waals surface area contributed by atoms with Crippen LogP contribution in [0.15, 0.2) is 57.2 Å². The first kappa shape index (κ1) is 19.8. The molecule has 0 aliphatic rings. The van der Waals surface area contributed by atoms with Crippen molar-refractivity contribution >= 4 is 43.0 Å². The van der Waals surface area contributed by atoms with Crippen LogP contribution in [0.2, 0.25) is 0 Å². The lowest BCUT2D eigenvalue weighted by molar-refractivity contribution is 0.402. The number of halogens is 2. The molecule has 3 rings (SSSR count). The molecule has 27 heavy (non-hydrogen) atoms. The SMILES string of the molecule is COc1ccc(Br)cc1S(=O)(=O)N(Cc1csc(C)n1)c1ccc(F)cc1. The van der Waals surface area contributed by atoms with Crippen molar-refractivity contribution in [2.45, 2.75) is 18.4 Å². The summed E-state index contributed by atoms with van der Waals surface area (Å²) in [5, 5.41) is 2.64. The number of anilines is 1. The van der Waals surface area contributed by atoms with E-state index < -0.39 is 15.8 Å². The molecule has 0 saturated heterocycles. The minimum Gasteiger partial charge on any atom is -0.495 e. The summed E-state index contributed by atoms with van der Waals surface area (Å²) < 4.78 is 47.4. The Morgan fingerprint density at radius 3 is 2.52 bits per heavy atom. The van der Waals surface area contributed by atoms with Crippen LogP contribution in [0.5, 0.6) is 5.75 Å². The maximum absolute atomic E-state index is 13.5. The highest BCUT2D eigenvalue weighted by molar-refractivity contribution is 9.10. The number of thiazole rings is 1. The second kappa shape index (κ2) is 7.95. The van der Waals surface area contributed by atoms with E-state index >= 15 is 0 Å². The average Bonchev–Trinajstić information content (AvgIpc) is 3.05.